The molecule has 27 nitrogen and oxygen atoms in total. The fourth-order valence-electron chi connectivity index (χ4n) is 12.4. The fraction of sp³-hybridized carbons (Fsp3) is 0.465. The number of nitrogens with one attached hydrogen (secondary N) is 2. The van der Waals surface area contributed by atoms with Crippen LogP contribution in [0.3, 0.4) is 0 Å². The second-order valence-corrected chi connectivity index (χ2v) is 29.4. The van der Waals surface area contributed by atoms with Crippen LogP contribution in [-0.4, -0.2) is 164 Å². The first kappa shape index (κ1) is 91.3. The van der Waals surface area contributed by atoms with Crippen molar-refractivity contribution in [1.29, 1.82) is 0 Å². The van der Waals surface area contributed by atoms with Crippen molar-refractivity contribution in [2.45, 2.75) is 138 Å². The van der Waals surface area contributed by atoms with E-state index in [-0.39, 0.29) is 106 Å². The third-order valence-corrected chi connectivity index (χ3v) is 22.2. The minimum atomic E-state index is -4.84. The summed E-state index contributed by atoms with van der Waals surface area (Å²) in [7, 11) is -1.82. The predicted octanol–water partition coefficient (Wildman–Crippen LogP) is 11.8. The molecule has 3 aromatic heterocycles. The molecule has 36 heteroatoms. The minimum Gasteiger partial charge on any atom is -0.457 e. The van der Waals surface area contributed by atoms with E-state index in [0.29, 0.717) is 71.2 Å². The molecular formula is C71H91ClF6N16O11S2. The standard InChI is InChI=1S/C33H38F3N11O6S.C31H31F3N2O5S.C4H9N3.3CH4.ClH/c1-44-19-23(37-41-44)16-31(17-24-20-45(2)42-38-24,18-25-21-46(3)43-39-25)22-47-14-12-32(13-15-47,30(48)40-49)54(50,51)29-10-8-27(9-11-29)52-26-4-6-28(7-5-26)53-33(34,35)36;1-5-16-29(17-6-2,18-7-3)23-36-21-19-30(20-22-36,28(37)35-4)42(38,39)27-14-12-25(13-15-27)40-24-8-10-26(11-9-24)41-31(32,33)34;1-2-3-4-6-7-5;;;;/h4-11,19-21,49H,12-18,22H2,1-3H3,(H,40,48);1-3,8-15H,16-23H2,4H3,(H,35,37);2-4H2,1H3;3*1H4;1H. The second-order valence-electron chi connectivity index (χ2n) is 24.9. The Kier molecular flexibility index (Phi) is 34.3. The van der Waals surface area contributed by atoms with E-state index in [4.69, 9.17) is 34.3 Å². The first-order chi connectivity index (χ1) is 48.8. The summed E-state index contributed by atoms with van der Waals surface area (Å²) in [6, 6.07) is 20.2. The molecular weight excluding hydrogens is 1470 g/mol. The quantitative estimate of drug-likeness (QED) is 0.00599. The first-order valence-electron chi connectivity index (χ1n) is 32.1. The summed E-state index contributed by atoms with van der Waals surface area (Å²) in [6.45, 7) is 4.61. The maximum atomic E-state index is 14.3. The number of hydrogen-bond acceptors (Lipinski definition) is 20. The lowest BCUT2D eigenvalue weighted by molar-refractivity contribution is -0.275. The molecule has 2 amide bonds. The van der Waals surface area contributed by atoms with Crippen LogP contribution in [0.4, 0.5) is 26.3 Å². The zero-order valence-corrected chi connectivity index (χ0v) is 59.9. The average Bonchev–Trinajstić information content (AvgIpc) is 1.22. The Labute approximate surface area is 626 Å². The summed E-state index contributed by atoms with van der Waals surface area (Å²) in [5, 5.41) is 41.1. The molecule has 2 fully saturated rings. The summed E-state index contributed by atoms with van der Waals surface area (Å²) in [6.07, 6.45) is 17.0. The number of hydrogen-bond donors (Lipinski definition) is 3. The highest BCUT2D eigenvalue weighted by molar-refractivity contribution is 7.94. The summed E-state index contributed by atoms with van der Waals surface area (Å²) >= 11 is 0. The van der Waals surface area contributed by atoms with Crippen LogP contribution in [0.25, 0.3) is 10.4 Å². The number of hydroxylamine groups is 1. The van der Waals surface area contributed by atoms with Gasteiger partial charge in [-0.2, -0.15) is 0 Å². The van der Waals surface area contributed by atoms with Crippen LogP contribution in [0.5, 0.6) is 34.5 Å². The van der Waals surface area contributed by atoms with Gasteiger partial charge in [0.25, 0.3) is 5.91 Å². The topological polar surface area (TPSA) is 331 Å². The van der Waals surface area contributed by atoms with Gasteiger partial charge in [0.2, 0.25) is 5.91 Å². The van der Waals surface area contributed by atoms with Crippen LogP contribution >= 0.6 is 12.4 Å². The Morgan fingerprint density at radius 3 is 1.15 bits per heavy atom. The average molecular weight is 1560 g/mol. The summed E-state index contributed by atoms with van der Waals surface area (Å²) < 4.78 is 151. The van der Waals surface area contributed by atoms with E-state index in [1.807, 2.05) is 23.5 Å². The molecule has 0 spiro atoms. The van der Waals surface area contributed by atoms with Gasteiger partial charge in [-0.25, -0.2) is 22.3 Å². The maximum Gasteiger partial charge on any atom is 0.573 e. The van der Waals surface area contributed by atoms with E-state index < -0.39 is 76.0 Å². The number of benzene rings is 4. The number of terminal acetylenes is 3. The van der Waals surface area contributed by atoms with Gasteiger partial charge in [-0.3, -0.25) is 28.8 Å². The first-order valence-corrected chi connectivity index (χ1v) is 35.0. The van der Waals surface area contributed by atoms with Crippen molar-refractivity contribution in [1.82, 2.24) is 65.6 Å². The molecule has 0 unspecified atom stereocenters. The van der Waals surface area contributed by atoms with Crippen molar-refractivity contribution < 1.29 is 76.9 Å². The number of ether oxygens (including phenoxy) is 4. The molecule has 2 saturated heterocycles. The number of amides is 2. The normalized spacial score (nSPS) is 14.3. The van der Waals surface area contributed by atoms with Crippen LogP contribution in [0.1, 0.15) is 104 Å². The van der Waals surface area contributed by atoms with Crippen LogP contribution < -0.4 is 29.7 Å². The summed E-state index contributed by atoms with van der Waals surface area (Å²) in [4.78, 5) is 33.0. The number of azide groups is 1. The second kappa shape index (κ2) is 40.2. The van der Waals surface area contributed by atoms with Gasteiger partial charge in [0.1, 0.15) is 34.5 Å². The number of unbranched alkanes of at least 4 members (excludes halogenated alkanes) is 1. The number of aryl methyl sites for hydroxylation is 3. The highest BCUT2D eigenvalue weighted by Crippen LogP contribution is 2.42. The monoisotopic (exact) mass is 1560 g/mol. The van der Waals surface area contributed by atoms with Crippen LogP contribution in [-0.2, 0) is 69.7 Å². The number of carbonyl (C=O) groups excluding carboxylic acids is 2. The zero-order chi connectivity index (χ0) is 75.3. The minimum absolute atomic E-state index is 0. The van der Waals surface area contributed by atoms with Crippen molar-refractivity contribution in [3.05, 3.63) is 143 Å². The van der Waals surface area contributed by atoms with Gasteiger partial charge in [-0.05, 0) is 135 Å². The molecule has 0 saturated carbocycles. The Morgan fingerprint density at radius 1 is 0.570 bits per heavy atom. The zero-order valence-electron chi connectivity index (χ0n) is 57.4. The number of carbonyl (C=O) groups is 2. The molecule has 2 aliphatic rings. The van der Waals surface area contributed by atoms with E-state index in [2.05, 4.69) is 85.3 Å². The van der Waals surface area contributed by atoms with Gasteiger partial charge >= 0.3 is 12.7 Å². The number of alkyl halides is 6. The van der Waals surface area contributed by atoms with Crippen LogP contribution in [0.15, 0.2) is 131 Å². The maximum absolute atomic E-state index is 14.3. The molecule has 0 aliphatic carbocycles. The molecule has 9 rings (SSSR count). The smallest absolute Gasteiger partial charge is 0.457 e. The van der Waals surface area contributed by atoms with Gasteiger partial charge in [0, 0.05) is 147 Å². The van der Waals surface area contributed by atoms with E-state index >= 15 is 0 Å². The third kappa shape index (κ3) is 24.6. The summed E-state index contributed by atoms with van der Waals surface area (Å²) in [5.74, 6) is 6.30. The van der Waals surface area contributed by atoms with Crippen molar-refractivity contribution >= 4 is 43.9 Å². The van der Waals surface area contributed by atoms with Gasteiger partial charge in [0.05, 0.1) is 26.9 Å². The number of aromatic nitrogens is 9. The number of piperidine rings is 2. The van der Waals surface area contributed by atoms with E-state index in [1.165, 1.54) is 79.8 Å². The molecule has 0 radical (unpaired) electrons. The summed E-state index contributed by atoms with van der Waals surface area (Å²) in [5.41, 5.74) is 10.4. The Bertz CT molecular complexity index is 4240. The Morgan fingerprint density at radius 2 is 0.879 bits per heavy atom. The van der Waals surface area contributed by atoms with E-state index in [0.717, 1.165) is 54.2 Å². The van der Waals surface area contributed by atoms with Gasteiger partial charge in [0.15, 0.2) is 29.2 Å². The number of rotatable bonds is 28. The molecule has 0 atom stereocenters. The molecule has 0 bridgehead atoms. The van der Waals surface area contributed by atoms with E-state index in [1.54, 1.807) is 40.7 Å². The molecule has 2 aliphatic heterocycles. The lowest BCUT2D eigenvalue weighted by Crippen LogP contribution is -2.59. The Balaban J connectivity index is 0.000000504. The van der Waals surface area contributed by atoms with Crippen LogP contribution in [0, 0.1) is 47.9 Å². The number of likely N-dealkylation sites (tertiary alicyclic amines) is 2. The largest absolute Gasteiger partial charge is 0.573 e. The van der Waals surface area contributed by atoms with Crippen molar-refractivity contribution in [2.24, 2.45) is 37.1 Å². The lowest BCUT2D eigenvalue weighted by Gasteiger charge is -2.43. The van der Waals surface area contributed by atoms with Gasteiger partial charge < -0.3 is 34.1 Å². The third-order valence-electron chi connectivity index (χ3n) is 17.2. The highest BCUT2D eigenvalue weighted by atomic mass is 35.5. The number of halogens is 7. The molecule has 3 N–H and O–H groups in total. The van der Waals surface area contributed by atoms with Crippen molar-refractivity contribution in [3.63, 3.8) is 0 Å². The van der Waals surface area contributed by atoms with Gasteiger partial charge in [-0.1, -0.05) is 56.4 Å². The fourth-order valence-corrected chi connectivity index (χ4v) is 16.4. The van der Waals surface area contributed by atoms with E-state index in [9.17, 15) is 58.0 Å². The predicted molar refractivity (Wildman–Crippen MR) is 390 cm³/mol. The van der Waals surface area contributed by atoms with Gasteiger partial charge in [-0.15, -0.1) is 91.1 Å². The lowest BCUT2D eigenvalue weighted by atomic mass is 9.74. The van der Waals surface area contributed by atoms with Crippen LogP contribution in [0.2, 0.25) is 0 Å². The van der Waals surface area contributed by atoms with Crippen molar-refractivity contribution in [3.8, 4) is 71.5 Å². The molecule has 582 valence electrons. The molecule has 7 aromatic rings. The SMILES string of the molecule is C.C.C.C#CCC(CC#C)(CC#C)CN1CCC(C(=O)NC)(S(=O)(=O)c2ccc(Oc3ccc(OC(F)(F)F)cc3)cc2)CC1.CCCCN=[N+]=[N-].Cl.Cn1cc(CC(Cc2cn(C)nn2)(Cc2cn(C)nn2)CN2CCC(C(=O)NO)(S(=O)(=O)c3ccc(Oc4ccc(OC(F)(F)F)cc4)cc3)CC2)nn1. The molecule has 4 aromatic carbocycles. The molecule has 5 heterocycles. The van der Waals surface area contributed by atoms with Crippen molar-refractivity contribution in [2.75, 3.05) is 52.9 Å². The number of sulfone groups is 2. The highest BCUT2D eigenvalue weighted by Gasteiger charge is 2.55. The Hall–Kier alpha value is -9.92. The molecule has 107 heavy (non-hydrogen) atoms. The number of nitrogens with zero attached hydrogens (tertiary/aromatic N) is 14.